The minimum absolute atomic E-state index is 0.138. The topological polar surface area (TPSA) is 43.4 Å². The van der Waals surface area contributed by atoms with Gasteiger partial charge in [-0.1, -0.05) is 0 Å². The quantitative estimate of drug-likeness (QED) is 0.871. The van der Waals surface area contributed by atoms with Crippen molar-refractivity contribution in [1.82, 2.24) is 4.98 Å². The highest BCUT2D eigenvalue weighted by Crippen LogP contribution is 2.36. The summed E-state index contributed by atoms with van der Waals surface area (Å²) in [7, 11) is -0.621. The molecule has 0 unspecified atom stereocenters. The molecule has 0 bridgehead atoms. The number of pyridine rings is 1. The van der Waals surface area contributed by atoms with Gasteiger partial charge in [0, 0.05) is 6.20 Å². The van der Waals surface area contributed by atoms with Crippen LogP contribution in [-0.4, -0.2) is 36.0 Å². The molecular weight excluding hydrogens is 284 g/mol. The van der Waals surface area contributed by atoms with Crippen LogP contribution in [-0.2, 0) is 9.31 Å². The van der Waals surface area contributed by atoms with Crippen LogP contribution in [0.4, 0.5) is 19.0 Å². The van der Waals surface area contributed by atoms with Gasteiger partial charge < -0.3 is 14.6 Å². The fraction of sp³-hybridized carbons (Fsp3) is 0.615. The number of rotatable bonds is 3. The number of halogens is 3. The third kappa shape index (κ3) is 3.68. The molecule has 0 atom stereocenters. The maximum absolute atomic E-state index is 12.2. The lowest BCUT2D eigenvalue weighted by molar-refractivity contribution is -0.115. The van der Waals surface area contributed by atoms with Crippen molar-refractivity contribution in [2.24, 2.45) is 0 Å². The molecule has 1 fully saturated rings. The minimum atomic E-state index is -4.29. The molecule has 21 heavy (non-hydrogen) atoms. The van der Waals surface area contributed by atoms with E-state index in [1.807, 2.05) is 27.7 Å². The molecule has 0 saturated carbocycles. The van der Waals surface area contributed by atoms with Crippen LogP contribution in [0.5, 0.6) is 0 Å². The first-order valence-corrected chi connectivity index (χ1v) is 6.62. The SMILES string of the molecule is CC1(C)OB(c2ccnc(NCC(F)(F)F)c2)OC1(C)C. The normalized spacial score (nSPS) is 20.6. The van der Waals surface area contributed by atoms with E-state index >= 15 is 0 Å². The van der Waals surface area contributed by atoms with Crippen LogP contribution < -0.4 is 10.8 Å². The van der Waals surface area contributed by atoms with Crippen molar-refractivity contribution < 1.29 is 22.5 Å². The molecule has 1 saturated heterocycles. The second kappa shape index (κ2) is 5.17. The van der Waals surface area contributed by atoms with Gasteiger partial charge in [-0.2, -0.15) is 13.2 Å². The highest BCUT2D eigenvalue weighted by Gasteiger charge is 2.51. The molecular formula is C13H18BF3N2O2. The highest BCUT2D eigenvalue weighted by atomic mass is 19.4. The van der Waals surface area contributed by atoms with Gasteiger partial charge in [0.15, 0.2) is 0 Å². The Kier molecular flexibility index (Phi) is 3.97. The molecule has 1 aliphatic heterocycles. The number of hydrogen-bond acceptors (Lipinski definition) is 4. The number of hydrogen-bond donors (Lipinski definition) is 1. The summed E-state index contributed by atoms with van der Waals surface area (Å²) in [4.78, 5) is 3.86. The molecule has 0 aromatic carbocycles. The predicted molar refractivity (Wildman–Crippen MR) is 74.5 cm³/mol. The molecule has 0 amide bonds. The van der Waals surface area contributed by atoms with E-state index in [1.165, 1.54) is 12.3 Å². The molecule has 8 heteroatoms. The maximum atomic E-state index is 12.2. The Hall–Kier alpha value is -1.28. The van der Waals surface area contributed by atoms with E-state index in [9.17, 15) is 13.2 Å². The molecule has 1 aromatic heterocycles. The zero-order valence-electron chi connectivity index (χ0n) is 12.4. The second-order valence-electron chi connectivity index (χ2n) is 6.03. The summed E-state index contributed by atoms with van der Waals surface area (Å²) in [6, 6.07) is 3.18. The average Bonchev–Trinajstić information content (AvgIpc) is 2.56. The lowest BCUT2D eigenvalue weighted by Gasteiger charge is -2.32. The lowest BCUT2D eigenvalue weighted by atomic mass is 9.80. The number of nitrogens with zero attached hydrogens (tertiary/aromatic N) is 1. The van der Waals surface area contributed by atoms with Gasteiger partial charge in [0.1, 0.15) is 12.4 Å². The molecule has 2 rings (SSSR count). The van der Waals surface area contributed by atoms with Crippen LogP contribution in [0.1, 0.15) is 27.7 Å². The average molecular weight is 302 g/mol. The van der Waals surface area contributed by atoms with Gasteiger partial charge in [0.05, 0.1) is 11.2 Å². The van der Waals surface area contributed by atoms with E-state index in [2.05, 4.69) is 10.3 Å². The molecule has 1 aliphatic rings. The van der Waals surface area contributed by atoms with Crippen LogP contribution in [0.25, 0.3) is 0 Å². The zero-order valence-corrected chi connectivity index (χ0v) is 12.4. The van der Waals surface area contributed by atoms with Crippen molar-refractivity contribution in [1.29, 1.82) is 0 Å². The predicted octanol–water partition coefficient (Wildman–Crippen LogP) is 2.36. The third-order valence-electron chi connectivity index (χ3n) is 3.78. The van der Waals surface area contributed by atoms with E-state index in [0.29, 0.717) is 5.46 Å². The monoisotopic (exact) mass is 302 g/mol. The van der Waals surface area contributed by atoms with E-state index < -0.39 is 31.0 Å². The Morgan fingerprint density at radius 2 is 1.76 bits per heavy atom. The van der Waals surface area contributed by atoms with Gasteiger partial charge in [-0.3, -0.25) is 0 Å². The van der Waals surface area contributed by atoms with Crippen molar-refractivity contribution in [3.8, 4) is 0 Å². The Morgan fingerprint density at radius 3 is 2.29 bits per heavy atom. The Balaban J connectivity index is 2.12. The van der Waals surface area contributed by atoms with Gasteiger partial charge in [-0.15, -0.1) is 0 Å². The van der Waals surface area contributed by atoms with Crippen molar-refractivity contribution in [3.63, 3.8) is 0 Å². The third-order valence-corrected chi connectivity index (χ3v) is 3.78. The van der Waals surface area contributed by atoms with Crippen LogP contribution in [0.3, 0.4) is 0 Å². The van der Waals surface area contributed by atoms with Gasteiger partial charge in [-0.25, -0.2) is 4.98 Å². The molecule has 1 N–H and O–H groups in total. The Morgan fingerprint density at radius 1 is 1.19 bits per heavy atom. The van der Waals surface area contributed by atoms with Crippen molar-refractivity contribution in [2.75, 3.05) is 11.9 Å². The van der Waals surface area contributed by atoms with Crippen molar-refractivity contribution in [2.45, 2.75) is 45.1 Å². The van der Waals surface area contributed by atoms with Crippen LogP contribution in [0.2, 0.25) is 0 Å². The molecule has 1 aromatic rings. The smallest absolute Gasteiger partial charge is 0.399 e. The van der Waals surface area contributed by atoms with Crippen molar-refractivity contribution >= 4 is 18.4 Å². The number of nitrogens with one attached hydrogen (secondary N) is 1. The van der Waals surface area contributed by atoms with Crippen LogP contribution in [0.15, 0.2) is 18.3 Å². The second-order valence-corrected chi connectivity index (χ2v) is 6.03. The highest BCUT2D eigenvalue weighted by molar-refractivity contribution is 6.62. The molecule has 2 heterocycles. The number of alkyl halides is 3. The van der Waals surface area contributed by atoms with Crippen LogP contribution >= 0.6 is 0 Å². The number of anilines is 1. The van der Waals surface area contributed by atoms with E-state index in [4.69, 9.17) is 9.31 Å². The van der Waals surface area contributed by atoms with E-state index in [0.717, 1.165) is 0 Å². The fourth-order valence-electron chi connectivity index (χ4n) is 1.86. The molecule has 4 nitrogen and oxygen atoms in total. The summed E-state index contributed by atoms with van der Waals surface area (Å²) in [5, 5.41) is 2.24. The summed E-state index contributed by atoms with van der Waals surface area (Å²) >= 11 is 0. The van der Waals surface area contributed by atoms with E-state index in [1.54, 1.807) is 6.07 Å². The molecule has 116 valence electrons. The first-order chi connectivity index (χ1) is 9.50. The summed E-state index contributed by atoms with van der Waals surface area (Å²) in [5.41, 5.74) is -0.366. The van der Waals surface area contributed by atoms with E-state index in [-0.39, 0.29) is 5.82 Å². The summed E-state index contributed by atoms with van der Waals surface area (Å²) < 4.78 is 48.3. The zero-order chi connectivity index (χ0) is 15.9. The first-order valence-electron chi connectivity index (χ1n) is 6.62. The largest absolute Gasteiger partial charge is 0.495 e. The summed E-state index contributed by atoms with van der Waals surface area (Å²) in [5.74, 6) is 0.138. The number of aromatic nitrogens is 1. The van der Waals surface area contributed by atoms with Gasteiger partial charge in [0.2, 0.25) is 0 Å². The van der Waals surface area contributed by atoms with Crippen LogP contribution in [0, 0.1) is 0 Å². The first kappa shape index (κ1) is 16.1. The Bertz CT molecular complexity index is 504. The summed E-state index contributed by atoms with van der Waals surface area (Å²) in [6.45, 7) is 6.52. The lowest BCUT2D eigenvalue weighted by Crippen LogP contribution is -2.41. The minimum Gasteiger partial charge on any atom is -0.399 e. The van der Waals surface area contributed by atoms with Crippen molar-refractivity contribution in [3.05, 3.63) is 18.3 Å². The molecule has 0 radical (unpaired) electrons. The molecule has 0 aliphatic carbocycles. The van der Waals surface area contributed by atoms with Gasteiger partial charge in [0.25, 0.3) is 0 Å². The fourth-order valence-corrected chi connectivity index (χ4v) is 1.86. The van der Waals surface area contributed by atoms with Gasteiger partial charge in [-0.05, 0) is 45.3 Å². The summed E-state index contributed by atoms with van der Waals surface area (Å²) in [6.07, 6.45) is -2.86. The maximum Gasteiger partial charge on any atom is 0.495 e. The standard InChI is InChI=1S/C13H18BF3N2O2/c1-11(2)12(3,4)21-14(20-11)9-5-6-18-10(7-9)19-8-13(15,16)17/h5-7H,8H2,1-4H3,(H,18,19). The van der Waals surface area contributed by atoms with Gasteiger partial charge >= 0.3 is 13.3 Å². The Labute approximate surface area is 122 Å². The molecule has 0 spiro atoms.